The fourth-order valence-corrected chi connectivity index (χ4v) is 10.4. The summed E-state index contributed by atoms with van der Waals surface area (Å²) in [5, 5.41) is 48.5. The first-order chi connectivity index (χ1) is 57.7. The molecule has 14 heterocycles. The Morgan fingerprint density at radius 3 is 1.15 bits per heavy atom. The standard InChI is InChI=1S/C12H7BrF3N5O2.C11H5BrF3N5O2.C10H7BrF3N5O.C10H6BrF3N4O.C10H4BrF3N4.C10H5BrF3N3O2.H3NO/c1-20-10(19-23-11(20)22)7-4-8(12(14,15)16)21(18-7)9-3-2-6(13)5-17-9;12-5-1-2-8(16-4-5)20-7(11(13,14)15)3-6(18-20)9-17-10(21)22-19-9;11-5-1-2-8(16-4-5)19-7(10(12,13)14)3-6(17-19)9(15)18-20;11-6-1-2-9(15-4-6)18-7(10(12,13)14)3-8(17-18)16-5-19;1-15-8-4-7(10(12,13)14)18(17-8)9-3-2-6(11)5-16-9;11-6-1-2-8(15-4-6)17-7(10(12,13)14)3-9(16-17)19-5-18;1-2/h2-5H,1H3;1-4H,(H,17,19,21);1-4,20H,(H2,15,18);1-5H,(H,16,17,19);2-5H;1-5H;2H,1H2. The number of hydrogen-bond acceptors (Lipinski definition) is 25. The fourth-order valence-electron chi connectivity index (χ4n) is 9.02. The molecule has 0 aliphatic carbocycles. The molecule has 123 heavy (non-hydrogen) atoms. The number of ether oxygens (including phenoxy) is 1. The Labute approximate surface area is 718 Å². The second kappa shape index (κ2) is 40.3. The zero-order chi connectivity index (χ0) is 91.0. The first kappa shape index (κ1) is 95.7. The number of aromatic nitrogens is 22. The van der Waals surface area contributed by atoms with Crippen LogP contribution in [-0.4, -0.2) is 138 Å². The molecule has 0 radical (unpaired) electrons. The molecule has 8 N–H and O–H groups in total. The Kier molecular flexibility index (Phi) is 31.4. The second-order valence-corrected chi connectivity index (χ2v) is 27.7. The van der Waals surface area contributed by atoms with E-state index in [0.29, 0.717) is 73.1 Å². The van der Waals surface area contributed by atoms with Crippen LogP contribution in [0.15, 0.2) is 197 Å². The highest BCUT2D eigenvalue weighted by Crippen LogP contribution is 2.39. The van der Waals surface area contributed by atoms with Gasteiger partial charge >= 0.3 is 48.6 Å². The number of carbonyl (C=O) groups excluding carboxylic acids is 2. The highest BCUT2D eigenvalue weighted by Gasteiger charge is 2.43. The molecule has 646 valence electrons. The Hall–Kier alpha value is -12.7. The van der Waals surface area contributed by atoms with E-state index in [4.69, 9.17) is 22.7 Å². The van der Waals surface area contributed by atoms with E-state index in [1.807, 2.05) is 0 Å². The molecular formula is C63H37Br6F18N27O9. The van der Waals surface area contributed by atoms with Gasteiger partial charge in [-0.15, -0.1) is 14.9 Å². The van der Waals surface area contributed by atoms with Crippen molar-refractivity contribution < 1.29 is 113 Å². The lowest BCUT2D eigenvalue weighted by molar-refractivity contribution is -0.143. The first-order valence-electron chi connectivity index (χ1n) is 31.5. The quantitative estimate of drug-likeness (QED) is 0.0119. The molecule has 0 unspecified atom stereocenters. The SMILES string of the molecule is Cn1c(-c2cc(C(F)(F)F)n(-c3ccc(Br)cn3)n2)noc1=O.N/C(=N\O)c1cc(C(F)(F)F)n(-c2ccc(Br)cn2)n1.NO.O=CNc1cc(C(F)(F)F)n(-c2ccc(Br)cn2)n1.O=COc1cc(C(F)(F)F)n(-c2ccc(Br)cn2)n1.O=c1[nH]c(-c2cc(C(F)(F)F)n(-c3ccc(Br)cn3)n2)no1.[C-]#[N+]c1cc(C(F)(F)F)n(-c2ccc(Br)cn2)n1. The number of nitrogens with zero attached hydrogens (tertiary/aromatic N) is 23. The van der Waals surface area contributed by atoms with Crippen LogP contribution in [0.4, 0.5) is 90.7 Å². The van der Waals surface area contributed by atoms with Crippen molar-refractivity contribution in [3.05, 3.63) is 246 Å². The van der Waals surface area contributed by atoms with Crippen LogP contribution in [0, 0.1) is 6.57 Å². The molecule has 60 heteroatoms. The summed E-state index contributed by atoms with van der Waals surface area (Å²) in [5.74, 6) is -0.165. The van der Waals surface area contributed by atoms with E-state index < -0.39 is 94.4 Å². The third-order valence-electron chi connectivity index (χ3n) is 14.1. The first-order valence-corrected chi connectivity index (χ1v) is 36.2. The molecular weight excluding hydrogens is 2100 g/mol. The van der Waals surface area contributed by atoms with Crippen LogP contribution < -0.4 is 33.2 Å². The molecule has 1 amide bonds. The third kappa shape index (κ3) is 25.2. The van der Waals surface area contributed by atoms with Gasteiger partial charge in [0.1, 0.15) is 17.1 Å². The number of anilines is 1. The van der Waals surface area contributed by atoms with Gasteiger partial charge in [-0.05, 0) is 180 Å². The predicted octanol–water partition coefficient (Wildman–Crippen LogP) is 15.1. The molecule has 0 saturated heterocycles. The zero-order valence-electron chi connectivity index (χ0n) is 59.3. The zero-order valence-corrected chi connectivity index (χ0v) is 68.8. The van der Waals surface area contributed by atoms with Crippen LogP contribution in [0.2, 0.25) is 0 Å². The maximum Gasteiger partial charge on any atom is 0.441 e. The summed E-state index contributed by atoms with van der Waals surface area (Å²) < 4.78 is 255. The number of hydrogen-bond donors (Lipinski definition) is 6. The lowest BCUT2D eigenvalue weighted by Gasteiger charge is -2.09. The molecule has 0 atom stereocenters. The minimum absolute atomic E-state index is 0.000394. The number of amidine groups is 1. The molecule has 0 spiro atoms. The summed E-state index contributed by atoms with van der Waals surface area (Å²) in [4.78, 5) is 70.7. The van der Waals surface area contributed by atoms with E-state index in [2.05, 4.69) is 206 Å². The number of carbonyl (C=O) groups is 2. The van der Waals surface area contributed by atoms with Gasteiger partial charge < -0.3 is 31.0 Å². The average Bonchev–Trinajstić information content (AvgIpc) is 1.63. The topological polar surface area (TPSA) is 456 Å². The van der Waals surface area contributed by atoms with E-state index in [9.17, 15) is 98.2 Å². The summed E-state index contributed by atoms with van der Waals surface area (Å²) in [6, 6.07) is 21.6. The molecule has 0 aliphatic rings. The van der Waals surface area contributed by atoms with Gasteiger partial charge in [0.15, 0.2) is 80.7 Å². The number of nitrogens with two attached hydrogens (primary N) is 2. The van der Waals surface area contributed by atoms with Gasteiger partial charge in [0, 0.05) is 101 Å². The Morgan fingerprint density at radius 2 is 0.821 bits per heavy atom. The van der Waals surface area contributed by atoms with Crippen molar-refractivity contribution in [1.29, 1.82) is 0 Å². The third-order valence-corrected chi connectivity index (χ3v) is 16.9. The van der Waals surface area contributed by atoms with E-state index >= 15 is 0 Å². The van der Waals surface area contributed by atoms with Crippen molar-refractivity contribution in [2.75, 3.05) is 5.32 Å². The van der Waals surface area contributed by atoms with Gasteiger partial charge in [-0.1, -0.05) is 22.0 Å². The molecule has 0 aliphatic heterocycles. The van der Waals surface area contributed by atoms with Gasteiger partial charge in [-0.3, -0.25) is 28.2 Å². The van der Waals surface area contributed by atoms with Crippen LogP contribution >= 0.6 is 95.6 Å². The van der Waals surface area contributed by atoms with E-state index in [1.54, 1.807) is 6.07 Å². The summed E-state index contributed by atoms with van der Waals surface area (Å²) in [5.41, 5.74) is -1.70. The minimum Gasteiger partial charge on any atom is -0.409 e. The highest BCUT2D eigenvalue weighted by molar-refractivity contribution is 9.11. The van der Waals surface area contributed by atoms with E-state index in [1.165, 1.54) is 111 Å². The molecule has 0 bridgehead atoms. The average molecular weight is 2140 g/mol. The number of halogens is 24. The molecule has 14 aromatic heterocycles. The molecule has 0 aromatic carbocycles. The number of aromatic amines is 1. The van der Waals surface area contributed by atoms with Gasteiger partial charge in [0.05, 0.1) is 0 Å². The lowest BCUT2D eigenvalue weighted by Crippen LogP contribution is -2.15. The van der Waals surface area contributed by atoms with Crippen molar-refractivity contribution in [1.82, 2.24) is 108 Å². The van der Waals surface area contributed by atoms with Crippen molar-refractivity contribution in [2.24, 2.45) is 23.8 Å². The summed E-state index contributed by atoms with van der Waals surface area (Å²) in [6.07, 6.45) is -19.5. The van der Waals surface area contributed by atoms with Crippen LogP contribution in [0.3, 0.4) is 0 Å². The fraction of sp³-hybridized carbons (Fsp3) is 0.111. The summed E-state index contributed by atoms with van der Waals surface area (Å²) in [6.45, 7) is 6.71. The molecule has 14 rings (SSSR count). The van der Waals surface area contributed by atoms with Gasteiger partial charge in [0.2, 0.25) is 23.9 Å². The lowest BCUT2D eigenvalue weighted by atomic mass is 10.3. The molecule has 36 nitrogen and oxygen atoms in total. The van der Waals surface area contributed by atoms with E-state index in [0.717, 1.165) is 22.8 Å². The molecule has 0 fully saturated rings. The van der Waals surface area contributed by atoms with Crippen LogP contribution in [0.5, 0.6) is 5.88 Å². The summed E-state index contributed by atoms with van der Waals surface area (Å²) >= 11 is 18.8. The van der Waals surface area contributed by atoms with Crippen molar-refractivity contribution in [3.8, 4) is 63.8 Å². The second-order valence-electron chi connectivity index (χ2n) is 22.2. The van der Waals surface area contributed by atoms with Gasteiger partial charge in [0.25, 0.3) is 12.3 Å². The smallest absolute Gasteiger partial charge is 0.409 e. The number of pyridine rings is 6. The van der Waals surface area contributed by atoms with Gasteiger partial charge in [-0.25, -0.2) is 68.8 Å². The van der Waals surface area contributed by atoms with Crippen LogP contribution in [-0.2, 0) is 53.7 Å². The number of H-pyrrole nitrogens is 1. The normalized spacial score (nSPS) is 11.6. The monoisotopic (exact) mass is 2130 g/mol. The number of nitrogens with one attached hydrogen (secondary N) is 2. The Balaban J connectivity index is 0.000000183. The molecule has 0 saturated carbocycles. The summed E-state index contributed by atoms with van der Waals surface area (Å²) in [7, 11) is 1.32. The van der Waals surface area contributed by atoms with Crippen LogP contribution in [0.25, 0.3) is 62.8 Å². The number of amides is 1. The molecule has 14 aromatic rings. The number of oxime groups is 1. The van der Waals surface area contributed by atoms with E-state index in [-0.39, 0.29) is 88.2 Å². The van der Waals surface area contributed by atoms with Crippen molar-refractivity contribution in [2.45, 2.75) is 37.1 Å². The minimum atomic E-state index is -4.66. The van der Waals surface area contributed by atoms with Crippen molar-refractivity contribution in [3.63, 3.8) is 0 Å². The number of alkyl halides is 18. The van der Waals surface area contributed by atoms with Crippen LogP contribution in [0.1, 0.15) is 39.9 Å². The maximum atomic E-state index is 13.2. The van der Waals surface area contributed by atoms with Gasteiger partial charge in [-0.2, -0.15) is 94.3 Å². The largest absolute Gasteiger partial charge is 0.441 e. The highest BCUT2D eigenvalue weighted by atomic mass is 79.9. The Bertz CT molecular complexity index is 6030. The maximum absolute atomic E-state index is 13.2. The Morgan fingerprint density at radius 1 is 0.480 bits per heavy atom. The van der Waals surface area contributed by atoms with Crippen molar-refractivity contribution >= 4 is 126 Å². The number of rotatable bonds is 13. The predicted molar refractivity (Wildman–Crippen MR) is 402 cm³/mol.